The van der Waals surface area contributed by atoms with Crippen molar-refractivity contribution >= 4 is 21.9 Å². The molecule has 0 radical (unpaired) electrons. The molecule has 1 aromatic rings. The molecule has 1 amide bonds. The van der Waals surface area contributed by atoms with E-state index in [2.05, 4.69) is 0 Å². The van der Waals surface area contributed by atoms with Gasteiger partial charge in [0.05, 0.1) is 17.4 Å². The zero-order valence-electron chi connectivity index (χ0n) is 17.1. The summed E-state index contributed by atoms with van der Waals surface area (Å²) in [5.41, 5.74) is 0.882. The van der Waals surface area contributed by atoms with Crippen LogP contribution >= 0.6 is 0 Å². The molecule has 1 aromatic carbocycles. The second kappa shape index (κ2) is 9.15. The SMILES string of the molecule is CCOC(=O)C1CN(S(=O)(=O)c2ccc(CC3CCN(C(=O)C(F)(F)F)CC3)cc2)C1. The molecule has 172 valence electrons. The van der Waals surface area contributed by atoms with Crippen molar-refractivity contribution in [3.05, 3.63) is 29.8 Å². The van der Waals surface area contributed by atoms with Crippen molar-refractivity contribution in [1.82, 2.24) is 9.21 Å². The number of rotatable bonds is 6. The van der Waals surface area contributed by atoms with Crippen LogP contribution in [-0.2, 0) is 30.8 Å². The Balaban J connectivity index is 1.52. The molecule has 0 aromatic heterocycles. The lowest BCUT2D eigenvalue weighted by Crippen LogP contribution is -2.53. The Morgan fingerprint density at radius 3 is 2.19 bits per heavy atom. The van der Waals surface area contributed by atoms with Crippen LogP contribution in [0.1, 0.15) is 25.3 Å². The summed E-state index contributed by atoms with van der Waals surface area (Å²) < 4.78 is 69.0. The highest BCUT2D eigenvalue weighted by Gasteiger charge is 2.43. The van der Waals surface area contributed by atoms with Gasteiger partial charge >= 0.3 is 18.1 Å². The Hall–Kier alpha value is -2.14. The van der Waals surface area contributed by atoms with Gasteiger partial charge in [-0.3, -0.25) is 9.59 Å². The lowest BCUT2D eigenvalue weighted by molar-refractivity contribution is -0.186. The molecule has 3 rings (SSSR count). The highest BCUT2D eigenvalue weighted by atomic mass is 32.2. The molecule has 0 N–H and O–H groups in total. The number of alkyl halides is 3. The zero-order chi connectivity index (χ0) is 22.8. The van der Waals surface area contributed by atoms with Gasteiger partial charge in [-0.15, -0.1) is 0 Å². The molecule has 0 atom stereocenters. The maximum Gasteiger partial charge on any atom is 0.471 e. The lowest BCUT2D eigenvalue weighted by atomic mass is 9.90. The fourth-order valence-corrected chi connectivity index (χ4v) is 5.37. The van der Waals surface area contributed by atoms with Gasteiger partial charge < -0.3 is 9.64 Å². The average molecular weight is 462 g/mol. The Morgan fingerprint density at radius 1 is 1.10 bits per heavy atom. The first-order chi connectivity index (χ1) is 14.5. The van der Waals surface area contributed by atoms with Gasteiger partial charge in [-0.25, -0.2) is 8.42 Å². The molecule has 2 aliphatic rings. The average Bonchev–Trinajstić information content (AvgIpc) is 2.66. The van der Waals surface area contributed by atoms with Crippen LogP contribution in [0.15, 0.2) is 29.2 Å². The predicted molar refractivity (Wildman–Crippen MR) is 104 cm³/mol. The zero-order valence-corrected chi connectivity index (χ0v) is 17.9. The second-order valence-electron chi connectivity index (χ2n) is 7.85. The van der Waals surface area contributed by atoms with Crippen molar-refractivity contribution in [2.45, 2.75) is 37.3 Å². The Bertz CT molecular complexity index is 904. The van der Waals surface area contributed by atoms with Crippen molar-refractivity contribution in [2.24, 2.45) is 11.8 Å². The summed E-state index contributed by atoms with van der Waals surface area (Å²) >= 11 is 0. The highest BCUT2D eigenvalue weighted by Crippen LogP contribution is 2.28. The number of carbonyl (C=O) groups is 2. The van der Waals surface area contributed by atoms with Crippen LogP contribution in [0, 0.1) is 11.8 Å². The molecule has 7 nitrogen and oxygen atoms in total. The van der Waals surface area contributed by atoms with Crippen molar-refractivity contribution < 1.29 is 35.9 Å². The van der Waals surface area contributed by atoms with Crippen LogP contribution in [0.2, 0.25) is 0 Å². The van der Waals surface area contributed by atoms with Gasteiger partial charge in [-0.05, 0) is 49.8 Å². The van der Waals surface area contributed by atoms with Gasteiger partial charge in [0, 0.05) is 26.2 Å². The quantitative estimate of drug-likeness (QED) is 0.606. The summed E-state index contributed by atoms with van der Waals surface area (Å²) in [6.07, 6.45) is -3.32. The Morgan fingerprint density at radius 2 is 1.68 bits per heavy atom. The third-order valence-corrected chi connectivity index (χ3v) is 7.54. The van der Waals surface area contributed by atoms with E-state index in [1.165, 1.54) is 16.4 Å². The molecule has 31 heavy (non-hydrogen) atoms. The smallest absolute Gasteiger partial charge is 0.466 e. The summed E-state index contributed by atoms with van der Waals surface area (Å²) in [6, 6.07) is 6.40. The number of hydrogen-bond acceptors (Lipinski definition) is 5. The summed E-state index contributed by atoms with van der Waals surface area (Å²) in [4.78, 5) is 23.9. The van der Waals surface area contributed by atoms with Crippen LogP contribution in [0.3, 0.4) is 0 Å². The molecule has 2 aliphatic heterocycles. The van der Waals surface area contributed by atoms with Gasteiger partial charge in [-0.1, -0.05) is 12.1 Å². The largest absolute Gasteiger partial charge is 0.471 e. The van der Waals surface area contributed by atoms with Crippen LogP contribution in [-0.4, -0.2) is 68.5 Å². The van der Waals surface area contributed by atoms with Gasteiger partial charge in [0.2, 0.25) is 10.0 Å². The molecule has 0 unspecified atom stereocenters. The molecule has 0 bridgehead atoms. The normalized spacial score (nSPS) is 19.2. The van der Waals surface area contributed by atoms with E-state index in [-0.39, 0.29) is 43.6 Å². The minimum Gasteiger partial charge on any atom is -0.466 e. The topological polar surface area (TPSA) is 84.0 Å². The van der Waals surface area contributed by atoms with Gasteiger partial charge in [0.1, 0.15) is 0 Å². The van der Waals surface area contributed by atoms with Crippen LogP contribution in [0.4, 0.5) is 13.2 Å². The number of sulfonamides is 1. The summed E-state index contributed by atoms with van der Waals surface area (Å²) in [5, 5.41) is 0. The van der Waals surface area contributed by atoms with E-state index in [1.807, 2.05) is 0 Å². The number of piperidine rings is 1. The van der Waals surface area contributed by atoms with E-state index in [0.717, 1.165) is 10.5 Å². The number of benzene rings is 1. The van der Waals surface area contributed by atoms with Crippen molar-refractivity contribution in [2.75, 3.05) is 32.8 Å². The maximum absolute atomic E-state index is 12.7. The first-order valence-electron chi connectivity index (χ1n) is 10.1. The van der Waals surface area contributed by atoms with Gasteiger partial charge in [0.15, 0.2) is 0 Å². The fraction of sp³-hybridized carbons (Fsp3) is 0.600. The number of carbonyl (C=O) groups excluding carboxylic acids is 2. The number of halogens is 3. The molecular formula is C20H25F3N2O5S. The van der Waals surface area contributed by atoms with E-state index in [0.29, 0.717) is 19.3 Å². The van der Waals surface area contributed by atoms with Gasteiger partial charge in [0.25, 0.3) is 0 Å². The van der Waals surface area contributed by atoms with Crippen LogP contribution in [0.5, 0.6) is 0 Å². The monoisotopic (exact) mass is 462 g/mol. The minimum atomic E-state index is -4.85. The third-order valence-electron chi connectivity index (χ3n) is 5.70. The fourth-order valence-electron chi connectivity index (χ4n) is 3.84. The number of ether oxygens (including phenoxy) is 1. The molecule has 0 saturated carbocycles. The summed E-state index contributed by atoms with van der Waals surface area (Å²) in [5.74, 6) is -2.51. The molecule has 0 spiro atoms. The van der Waals surface area contributed by atoms with E-state index in [1.54, 1.807) is 19.1 Å². The first-order valence-corrected chi connectivity index (χ1v) is 11.6. The number of nitrogens with zero attached hydrogens (tertiary/aromatic N) is 2. The van der Waals surface area contributed by atoms with Crippen LogP contribution < -0.4 is 0 Å². The van der Waals surface area contributed by atoms with Crippen LogP contribution in [0.25, 0.3) is 0 Å². The second-order valence-corrected chi connectivity index (χ2v) is 9.79. The predicted octanol–water partition coefficient (Wildman–Crippen LogP) is 2.21. The standard InChI is InChI=1S/C20H25F3N2O5S/c1-2-30-18(26)16-12-25(13-16)31(28,29)17-5-3-14(4-6-17)11-15-7-9-24(10-8-15)19(27)20(21,22)23/h3-6,15-16H,2,7-13H2,1H3. The maximum atomic E-state index is 12.7. The molecule has 11 heteroatoms. The summed E-state index contributed by atoms with van der Waals surface area (Å²) in [7, 11) is -3.69. The highest BCUT2D eigenvalue weighted by molar-refractivity contribution is 7.89. The van der Waals surface area contributed by atoms with Crippen molar-refractivity contribution in [1.29, 1.82) is 0 Å². The van der Waals surface area contributed by atoms with E-state index >= 15 is 0 Å². The molecule has 0 aliphatic carbocycles. The third kappa shape index (κ3) is 5.38. The van der Waals surface area contributed by atoms with E-state index in [4.69, 9.17) is 4.74 Å². The van der Waals surface area contributed by atoms with E-state index in [9.17, 15) is 31.2 Å². The molecule has 2 fully saturated rings. The number of amides is 1. The summed E-state index contributed by atoms with van der Waals surface area (Å²) in [6.45, 7) is 2.26. The van der Waals surface area contributed by atoms with Crippen molar-refractivity contribution in [3.8, 4) is 0 Å². The Kier molecular flexibility index (Phi) is 6.95. The van der Waals surface area contributed by atoms with Gasteiger partial charge in [-0.2, -0.15) is 17.5 Å². The first kappa shape index (κ1) is 23.5. The number of likely N-dealkylation sites (tertiary alicyclic amines) is 1. The lowest BCUT2D eigenvalue weighted by Gasteiger charge is -2.36. The number of esters is 1. The number of hydrogen-bond donors (Lipinski definition) is 0. The Labute approximate surface area is 179 Å². The molecular weight excluding hydrogens is 437 g/mol. The van der Waals surface area contributed by atoms with E-state index < -0.39 is 34.0 Å². The molecule has 2 heterocycles. The van der Waals surface area contributed by atoms with Crippen molar-refractivity contribution in [3.63, 3.8) is 0 Å². The minimum absolute atomic E-state index is 0.0616. The molecule has 2 saturated heterocycles.